The maximum atomic E-state index is 12.5. The highest BCUT2D eigenvalue weighted by molar-refractivity contribution is 5.92. The van der Waals surface area contributed by atoms with E-state index in [4.69, 9.17) is 0 Å². The molecule has 3 rings (SSSR count). The molecule has 0 aliphatic rings. The molecular weight excluding hydrogens is 340 g/mol. The minimum Gasteiger partial charge on any atom is -0.347 e. The monoisotopic (exact) mass is 362 g/mol. The molecule has 27 heavy (non-hydrogen) atoms. The van der Waals surface area contributed by atoms with Gasteiger partial charge in [-0.15, -0.1) is 0 Å². The molecule has 0 saturated carbocycles. The van der Waals surface area contributed by atoms with E-state index in [9.17, 15) is 4.79 Å². The number of hydrogen-bond donors (Lipinski definition) is 1. The molecule has 3 heterocycles. The molecule has 7 nitrogen and oxygen atoms in total. The van der Waals surface area contributed by atoms with E-state index in [1.54, 1.807) is 30.9 Å². The van der Waals surface area contributed by atoms with Crippen LogP contribution in [-0.2, 0) is 13.0 Å². The Bertz CT molecular complexity index is 885. The summed E-state index contributed by atoms with van der Waals surface area (Å²) in [6, 6.07) is 9.42. The van der Waals surface area contributed by atoms with E-state index < -0.39 is 0 Å². The van der Waals surface area contributed by atoms with Gasteiger partial charge in [-0.1, -0.05) is 6.07 Å². The summed E-state index contributed by atoms with van der Waals surface area (Å²) >= 11 is 0. The summed E-state index contributed by atoms with van der Waals surface area (Å²) in [5.41, 5.74) is 3.24. The molecule has 1 amide bonds. The van der Waals surface area contributed by atoms with Crippen molar-refractivity contribution in [3.05, 3.63) is 77.6 Å². The fraction of sp³-hybridized carbons (Fsp3) is 0.250. The molecule has 0 aliphatic heterocycles. The third kappa shape index (κ3) is 5.31. The van der Waals surface area contributed by atoms with Crippen molar-refractivity contribution in [2.24, 2.45) is 0 Å². The number of carbonyl (C=O) groups is 1. The van der Waals surface area contributed by atoms with E-state index in [0.717, 1.165) is 24.2 Å². The molecule has 0 aromatic carbocycles. The Morgan fingerprint density at radius 2 is 1.89 bits per heavy atom. The fourth-order valence-corrected chi connectivity index (χ4v) is 2.56. The Morgan fingerprint density at radius 3 is 2.63 bits per heavy atom. The summed E-state index contributed by atoms with van der Waals surface area (Å²) in [6.07, 6.45) is 7.84. The summed E-state index contributed by atoms with van der Waals surface area (Å²) in [5, 5.41) is 2.87. The van der Waals surface area contributed by atoms with Crippen LogP contribution in [0.15, 0.2) is 55.1 Å². The second kappa shape index (κ2) is 8.84. The number of amides is 1. The Hall–Kier alpha value is -3.35. The van der Waals surface area contributed by atoms with Crippen molar-refractivity contribution in [3.8, 4) is 0 Å². The molecule has 0 bridgehead atoms. The van der Waals surface area contributed by atoms with Crippen molar-refractivity contribution in [1.82, 2.24) is 25.3 Å². The van der Waals surface area contributed by atoms with Crippen LogP contribution in [0.5, 0.6) is 0 Å². The third-order valence-corrected chi connectivity index (χ3v) is 4.08. The molecule has 3 aromatic heterocycles. The van der Waals surface area contributed by atoms with Crippen molar-refractivity contribution in [1.29, 1.82) is 0 Å². The SMILES string of the molecule is Cc1cc(C(=O)NCc2cccnc2)nc(N(C)CCc2ccncc2)n1. The van der Waals surface area contributed by atoms with Gasteiger partial charge in [-0.3, -0.25) is 14.8 Å². The van der Waals surface area contributed by atoms with Gasteiger partial charge >= 0.3 is 0 Å². The van der Waals surface area contributed by atoms with Crippen LogP contribution in [0.3, 0.4) is 0 Å². The average molecular weight is 362 g/mol. The molecule has 138 valence electrons. The van der Waals surface area contributed by atoms with Crippen LogP contribution >= 0.6 is 0 Å². The fourth-order valence-electron chi connectivity index (χ4n) is 2.56. The average Bonchev–Trinajstić information content (AvgIpc) is 2.71. The second-order valence-corrected chi connectivity index (χ2v) is 6.27. The zero-order valence-electron chi connectivity index (χ0n) is 15.5. The van der Waals surface area contributed by atoms with E-state index in [1.165, 1.54) is 5.56 Å². The molecule has 0 atom stereocenters. The first-order valence-electron chi connectivity index (χ1n) is 8.74. The molecule has 0 fully saturated rings. The van der Waals surface area contributed by atoms with Crippen LogP contribution < -0.4 is 10.2 Å². The molecule has 7 heteroatoms. The van der Waals surface area contributed by atoms with Gasteiger partial charge in [0.05, 0.1) is 0 Å². The number of anilines is 1. The molecule has 3 aromatic rings. The highest BCUT2D eigenvalue weighted by Crippen LogP contribution is 2.10. The largest absolute Gasteiger partial charge is 0.347 e. The number of carbonyl (C=O) groups excluding carboxylic acids is 1. The molecular formula is C20H22N6O. The number of likely N-dealkylation sites (N-methyl/N-ethyl adjacent to an activating group) is 1. The lowest BCUT2D eigenvalue weighted by molar-refractivity contribution is 0.0945. The first-order chi connectivity index (χ1) is 13.1. The van der Waals surface area contributed by atoms with E-state index in [0.29, 0.717) is 18.2 Å². The standard InChI is InChI=1S/C20H22N6O/c1-15-12-18(19(27)23-14-17-4-3-8-22-13-17)25-20(24-15)26(2)11-7-16-5-9-21-10-6-16/h3-6,8-10,12-13H,7,11,14H2,1-2H3,(H,23,27). The smallest absolute Gasteiger partial charge is 0.270 e. The Balaban J connectivity index is 1.65. The molecule has 0 unspecified atom stereocenters. The number of hydrogen-bond acceptors (Lipinski definition) is 6. The van der Waals surface area contributed by atoms with Gasteiger partial charge in [0.15, 0.2) is 0 Å². The zero-order valence-corrected chi connectivity index (χ0v) is 15.5. The quantitative estimate of drug-likeness (QED) is 0.694. The molecule has 0 saturated heterocycles. The van der Waals surface area contributed by atoms with Crippen LogP contribution in [0, 0.1) is 6.92 Å². The number of rotatable bonds is 7. The predicted octanol–water partition coefficient (Wildman–Crippen LogP) is 2.18. The summed E-state index contributed by atoms with van der Waals surface area (Å²) in [5.74, 6) is 0.309. The topological polar surface area (TPSA) is 83.9 Å². The first kappa shape index (κ1) is 18.4. The molecule has 0 radical (unpaired) electrons. The van der Waals surface area contributed by atoms with Crippen molar-refractivity contribution in [3.63, 3.8) is 0 Å². The van der Waals surface area contributed by atoms with E-state index in [2.05, 4.69) is 25.3 Å². The highest BCUT2D eigenvalue weighted by atomic mass is 16.1. The van der Waals surface area contributed by atoms with Crippen LogP contribution in [-0.4, -0.2) is 39.4 Å². The minimum absolute atomic E-state index is 0.229. The van der Waals surface area contributed by atoms with E-state index in [1.807, 2.05) is 43.1 Å². The van der Waals surface area contributed by atoms with Crippen LogP contribution in [0.1, 0.15) is 27.3 Å². The van der Waals surface area contributed by atoms with Crippen molar-refractivity contribution < 1.29 is 4.79 Å². The van der Waals surface area contributed by atoms with E-state index in [-0.39, 0.29) is 5.91 Å². The van der Waals surface area contributed by atoms with Crippen LogP contribution in [0.2, 0.25) is 0 Å². The number of pyridine rings is 2. The Morgan fingerprint density at radius 1 is 1.07 bits per heavy atom. The number of nitrogens with zero attached hydrogens (tertiary/aromatic N) is 5. The maximum Gasteiger partial charge on any atom is 0.270 e. The summed E-state index contributed by atoms with van der Waals surface area (Å²) in [4.78, 5) is 31.4. The Labute approximate surface area is 158 Å². The summed E-state index contributed by atoms with van der Waals surface area (Å²) in [6.45, 7) is 3.01. The van der Waals surface area contributed by atoms with Gasteiger partial charge in [-0.2, -0.15) is 0 Å². The normalized spacial score (nSPS) is 10.4. The van der Waals surface area contributed by atoms with Gasteiger partial charge in [-0.25, -0.2) is 9.97 Å². The zero-order chi connectivity index (χ0) is 19.1. The van der Waals surface area contributed by atoms with Crippen molar-refractivity contribution in [2.45, 2.75) is 19.9 Å². The lowest BCUT2D eigenvalue weighted by atomic mass is 10.2. The van der Waals surface area contributed by atoms with E-state index >= 15 is 0 Å². The number of nitrogens with one attached hydrogen (secondary N) is 1. The Kier molecular flexibility index (Phi) is 6.04. The van der Waals surface area contributed by atoms with Gasteiger partial charge in [0.1, 0.15) is 5.69 Å². The number of aromatic nitrogens is 4. The maximum absolute atomic E-state index is 12.5. The van der Waals surface area contributed by atoms with Crippen LogP contribution in [0.25, 0.3) is 0 Å². The van der Waals surface area contributed by atoms with Gasteiger partial charge in [-0.05, 0) is 48.7 Å². The van der Waals surface area contributed by atoms with Gasteiger partial charge < -0.3 is 10.2 Å². The molecule has 0 aliphatic carbocycles. The summed E-state index contributed by atoms with van der Waals surface area (Å²) < 4.78 is 0. The summed E-state index contributed by atoms with van der Waals surface area (Å²) in [7, 11) is 1.92. The van der Waals surface area contributed by atoms with Gasteiger partial charge in [0, 0.05) is 50.6 Å². The lowest BCUT2D eigenvalue weighted by Crippen LogP contribution is -2.27. The van der Waals surface area contributed by atoms with Crippen molar-refractivity contribution >= 4 is 11.9 Å². The predicted molar refractivity (Wildman–Crippen MR) is 103 cm³/mol. The van der Waals surface area contributed by atoms with Gasteiger partial charge in [0.2, 0.25) is 5.95 Å². The second-order valence-electron chi connectivity index (χ2n) is 6.27. The lowest BCUT2D eigenvalue weighted by Gasteiger charge is -2.18. The molecule has 1 N–H and O–H groups in total. The first-order valence-corrected chi connectivity index (χ1v) is 8.74. The van der Waals surface area contributed by atoms with Gasteiger partial charge in [0.25, 0.3) is 5.91 Å². The van der Waals surface area contributed by atoms with Crippen LogP contribution in [0.4, 0.5) is 5.95 Å². The highest BCUT2D eigenvalue weighted by Gasteiger charge is 2.13. The minimum atomic E-state index is -0.229. The third-order valence-electron chi connectivity index (χ3n) is 4.08. The number of aryl methyl sites for hydroxylation is 1. The molecule has 0 spiro atoms. The van der Waals surface area contributed by atoms with Crippen molar-refractivity contribution in [2.75, 3.05) is 18.5 Å².